The predicted molar refractivity (Wildman–Crippen MR) is 124 cm³/mol. The standard InChI is InChI=1S/C22H28S3Si/c1-5-7-9-17(6-2)14-26(20-10-8-11-23-20)18-12-15(3)24-21(18)22-19(26)13-16(4)25-22/h8,10-13,17H,5-7,9,14H2,1-4H3. The van der Waals surface area contributed by atoms with E-state index in [0.29, 0.717) is 0 Å². The first kappa shape index (κ1) is 18.7. The average molecular weight is 417 g/mol. The van der Waals surface area contributed by atoms with E-state index in [9.17, 15) is 0 Å². The number of thiophene rings is 3. The van der Waals surface area contributed by atoms with E-state index in [1.165, 1.54) is 41.5 Å². The van der Waals surface area contributed by atoms with Crippen molar-refractivity contribution in [1.29, 1.82) is 0 Å². The molecule has 0 saturated carbocycles. The van der Waals surface area contributed by atoms with Crippen molar-refractivity contribution >= 4 is 57.0 Å². The van der Waals surface area contributed by atoms with Gasteiger partial charge in [0.1, 0.15) is 0 Å². The Balaban J connectivity index is 1.91. The Hall–Kier alpha value is -0.683. The summed E-state index contributed by atoms with van der Waals surface area (Å²) in [5, 5.41) is 5.77. The topological polar surface area (TPSA) is 0 Å². The van der Waals surface area contributed by atoms with Crippen LogP contribution in [-0.4, -0.2) is 8.07 Å². The fourth-order valence-electron chi connectivity index (χ4n) is 4.63. The highest BCUT2D eigenvalue weighted by molar-refractivity contribution is 7.37. The fraction of sp³-hybridized carbons (Fsp3) is 0.455. The number of unbranched alkanes of at least 4 members (excludes halogenated alkanes) is 1. The highest BCUT2D eigenvalue weighted by atomic mass is 32.1. The third kappa shape index (κ3) is 2.90. The molecule has 0 N–H and O–H groups in total. The first-order chi connectivity index (χ1) is 12.6. The monoisotopic (exact) mass is 416 g/mol. The van der Waals surface area contributed by atoms with E-state index >= 15 is 0 Å². The molecule has 0 aliphatic carbocycles. The van der Waals surface area contributed by atoms with Crippen molar-refractivity contribution in [2.45, 2.75) is 59.4 Å². The van der Waals surface area contributed by atoms with Gasteiger partial charge in [-0.05, 0) is 53.7 Å². The number of rotatable bonds is 7. The molecule has 4 heteroatoms. The Morgan fingerprint density at radius 3 is 2.15 bits per heavy atom. The fourth-order valence-corrected chi connectivity index (χ4v) is 15.9. The van der Waals surface area contributed by atoms with Gasteiger partial charge < -0.3 is 0 Å². The van der Waals surface area contributed by atoms with E-state index in [1.54, 1.807) is 24.6 Å². The van der Waals surface area contributed by atoms with Gasteiger partial charge in [0.15, 0.2) is 8.07 Å². The highest BCUT2D eigenvalue weighted by Gasteiger charge is 2.50. The van der Waals surface area contributed by atoms with Gasteiger partial charge in [0, 0.05) is 24.0 Å². The summed E-state index contributed by atoms with van der Waals surface area (Å²) >= 11 is 6.08. The Labute approximate surface area is 170 Å². The van der Waals surface area contributed by atoms with Crippen LogP contribution in [0.15, 0.2) is 29.6 Å². The van der Waals surface area contributed by atoms with Crippen LogP contribution in [0.3, 0.4) is 0 Å². The third-order valence-electron chi connectivity index (χ3n) is 5.92. The van der Waals surface area contributed by atoms with Crippen LogP contribution in [0.25, 0.3) is 9.75 Å². The van der Waals surface area contributed by atoms with Gasteiger partial charge in [0.2, 0.25) is 0 Å². The van der Waals surface area contributed by atoms with Crippen LogP contribution in [-0.2, 0) is 0 Å². The molecule has 0 saturated heterocycles. The molecule has 0 nitrogen and oxygen atoms in total. The predicted octanol–water partition coefficient (Wildman–Crippen LogP) is 6.15. The van der Waals surface area contributed by atoms with E-state index in [4.69, 9.17) is 0 Å². The zero-order valence-electron chi connectivity index (χ0n) is 16.2. The normalized spacial score (nSPS) is 15.8. The lowest BCUT2D eigenvalue weighted by Crippen LogP contribution is -2.64. The summed E-state index contributed by atoms with van der Waals surface area (Å²) in [7, 11) is -1.85. The molecule has 3 aromatic rings. The molecule has 0 bridgehead atoms. The molecule has 0 aromatic carbocycles. The summed E-state index contributed by atoms with van der Waals surface area (Å²) in [5.74, 6) is 0.850. The van der Waals surface area contributed by atoms with Crippen molar-refractivity contribution < 1.29 is 0 Å². The second-order valence-electron chi connectivity index (χ2n) is 7.70. The summed E-state index contributed by atoms with van der Waals surface area (Å²) in [6.45, 7) is 9.33. The maximum atomic E-state index is 2.56. The van der Waals surface area contributed by atoms with Crippen LogP contribution < -0.4 is 14.9 Å². The van der Waals surface area contributed by atoms with Crippen molar-refractivity contribution in [3.63, 3.8) is 0 Å². The number of aryl methyl sites for hydroxylation is 2. The molecule has 1 atom stereocenters. The van der Waals surface area contributed by atoms with Crippen molar-refractivity contribution in [1.82, 2.24) is 0 Å². The Morgan fingerprint density at radius 1 is 1.00 bits per heavy atom. The zero-order valence-corrected chi connectivity index (χ0v) is 19.7. The SMILES string of the molecule is CCCCC(CC)C[Si]1(c2cccs2)c2cc(C)sc2-c2sc(C)cc21. The second-order valence-corrected chi connectivity index (χ2v) is 15.4. The molecule has 0 radical (unpaired) electrons. The minimum Gasteiger partial charge on any atom is -0.153 e. The molecule has 26 heavy (non-hydrogen) atoms. The second kappa shape index (κ2) is 7.38. The van der Waals surface area contributed by atoms with Gasteiger partial charge in [-0.2, -0.15) is 11.3 Å². The zero-order chi connectivity index (χ0) is 18.3. The molecule has 1 aliphatic heterocycles. The van der Waals surface area contributed by atoms with Crippen LogP contribution in [0.4, 0.5) is 0 Å². The molecule has 1 unspecified atom stereocenters. The van der Waals surface area contributed by atoms with Crippen LogP contribution in [0.2, 0.25) is 6.04 Å². The summed E-state index contributed by atoms with van der Waals surface area (Å²) in [6, 6.07) is 11.2. The lowest BCUT2D eigenvalue weighted by atomic mass is 10.0. The third-order valence-corrected chi connectivity index (χ3v) is 15.5. The number of fused-ring (bicyclic) bond motifs is 3. The number of hydrogen-bond acceptors (Lipinski definition) is 3. The van der Waals surface area contributed by atoms with Gasteiger partial charge in [-0.15, -0.1) is 22.7 Å². The summed E-state index contributed by atoms with van der Waals surface area (Å²) in [4.78, 5) is 6.20. The minimum absolute atomic E-state index is 0.850. The lowest BCUT2D eigenvalue weighted by Gasteiger charge is -2.31. The van der Waals surface area contributed by atoms with Crippen LogP contribution in [0.5, 0.6) is 0 Å². The van der Waals surface area contributed by atoms with Crippen molar-refractivity contribution in [2.24, 2.45) is 5.92 Å². The van der Waals surface area contributed by atoms with E-state index in [-0.39, 0.29) is 0 Å². The maximum absolute atomic E-state index is 2.56. The van der Waals surface area contributed by atoms with Gasteiger partial charge in [0.05, 0.1) is 0 Å². The van der Waals surface area contributed by atoms with Gasteiger partial charge in [-0.1, -0.05) is 51.7 Å². The van der Waals surface area contributed by atoms with Crippen molar-refractivity contribution in [3.8, 4) is 9.75 Å². The molecule has 138 valence electrons. The molecule has 1 aliphatic rings. The molecular weight excluding hydrogens is 389 g/mol. The summed E-state index contributed by atoms with van der Waals surface area (Å²) in [5.41, 5.74) is 0. The van der Waals surface area contributed by atoms with E-state index in [0.717, 1.165) is 5.92 Å². The summed E-state index contributed by atoms with van der Waals surface area (Å²) in [6.07, 6.45) is 5.40. The summed E-state index contributed by atoms with van der Waals surface area (Å²) < 4.78 is 1.68. The Bertz CT molecular complexity index is 839. The molecule has 4 rings (SSSR count). The average Bonchev–Trinajstić information content (AvgIpc) is 3.37. The van der Waals surface area contributed by atoms with Crippen LogP contribution in [0, 0.1) is 19.8 Å². The molecule has 3 aromatic heterocycles. The molecular formula is C22H28S3Si. The first-order valence-corrected chi connectivity index (χ1v) is 14.6. The molecule has 4 heterocycles. The minimum atomic E-state index is -1.85. The van der Waals surface area contributed by atoms with E-state index in [1.807, 2.05) is 34.0 Å². The molecule has 0 spiro atoms. The van der Waals surface area contributed by atoms with Gasteiger partial charge in [0.25, 0.3) is 0 Å². The van der Waals surface area contributed by atoms with Crippen molar-refractivity contribution in [3.05, 3.63) is 39.4 Å². The van der Waals surface area contributed by atoms with Gasteiger partial charge in [-0.25, -0.2) is 0 Å². The first-order valence-electron chi connectivity index (χ1n) is 9.86. The van der Waals surface area contributed by atoms with Gasteiger partial charge >= 0.3 is 0 Å². The molecule has 0 fully saturated rings. The highest BCUT2D eigenvalue weighted by Crippen LogP contribution is 2.42. The van der Waals surface area contributed by atoms with E-state index < -0.39 is 8.07 Å². The van der Waals surface area contributed by atoms with Crippen LogP contribution >= 0.6 is 34.0 Å². The van der Waals surface area contributed by atoms with Gasteiger partial charge in [-0.3, -0.25) is 0 Å². The quantitative estimate of drug-likeness (QED) is 0.405. The van der Waals surface area contributed by atoms with E-state index in [2.05, 4.69) is 57.3 Å². The maximum Gasteiger partial charge on any atom is 0.164 e. The van der Waals surface area contributed by atoms with Crippen LogP contribution in [0.1, 0.15) is 49.3 Å². The smallest absolute Gasteiger partial charge is 0.153 e. The van der Waals surface area contributed by atoms with Crippen molar-refractivity contribution in [2.75, 3.05) is 0 Å². The Morgan fingerprint density at radius 2 is 1.65 bits per heavy atom. The lowest BCUT2D eigenvalue weighted by molar-refractivity contribution is 0.488. The largest absolute Gasteiger partial charge is 0.164 e. The number of hydrogen-bond donors (Lipinski definition) is 0. The Kier molecular flexibility index (Phi) is 5.30. The molecule has 0 amide bonds.